The second-order valence-corrected chi connectivity index (χ2v) is 6.39. The molecule has 6 heteroatoms. The minimum Gasteiger partial charge on any atom is -0.497 e. The van der Waals surface area contributed by atoms with Gasteiger partial charge in [0.2, 0.25) is 5.91 Å². The summed E-state index contributed by atoms with van der Waals surface area (Å²) in [7, 11) is 1.61. The SMILES string of the molecule is COc1ccc(NC(=O)[C@@H](C)N2CCN(c3ccc(F)cc3)CC2)cc1. The summed E-state index contributed by atoms with van der Waals surface area (Å²) in [5.41, 5.74) is 1.77. The van der Waals surface area contributed by atoms with Crippen LogP contribution in [0, 0.1) is 5.82 Å². The van der Waals surface area contributed by atoms with Gasteiger partial charge >= 0.3 is 0 Å². The lowest BCUT2D eigenvalue weighted by Crippen LogP contribution is -2.52. The number of amides is 1. The molecular formula is C20H24FN3O2. The van der Waals surface area contributed by atoms with E-state index in [2.05, 4.69) is 15.1 Å². The van der Waals surface area contributed by atoms with Gasteiger partial charge in [0, 0.05) is 37.6 Å². The van der Waals surface area contributed by atoms with Gasteiger partial charge in [0.15, 0.2) is 0 Å². The predicted octanol–water partition coefficient (Wildman–Crippen LogP) is 2.98. The highest BCUT2D eigenvalue weighted by atomic mass is 19.1. The second-order valence-electron chi connectivity index (χ2n) is 6.39. The van der Waals surface area contributed by atoms with E-state index in [4.69, 9.17) is 4.74 Å². The van der Waals surface area contributed by atoms with Crippen LogP contribution in [0.1, 0.15) is 6.92 Å². The smallest absolute Gasteiger partial charge is 0.241 e. The number of piperazine rings is 1. The molecule has 5 nitrogen and oxygen atoms in total. The molecule has 1 aliphatic rings. The molecule has 1 atom stereocenters. The number of anilines is 2. The molecule has 3 rings (SSSR count). The summed E-state index contributed by atoms with van der Waals surface area (Å²) >= 11 is 0. The van der Waals surface area contributed by atoms with Crippen molar-refractivity contribution in [3.63, 3.8) is 0 Å². The number of carbonyl (C=O) groups is 1. The zero-order valence-corrected chi connectivity index (χ0v) is 15.1. The molecule has 1 aliphatic heterocycles. The predicted molar refractivity (Wildman–Crippen MR) is 101 cm³/mol. The van der Waals surface area contributed by atoms with Crippen LogP contribution in [0.25, 0.3) is 0 Å². The summed E-state index contributed by atoms with van der Waals surface area (Å²) in [4.78, 5) is 16.9. The minimum atomic E-state index is -0.226. The molecule has 138 valence electrons. The van der Waals surface area contributed by atoms with Crippen LogP contribution in [0.4, 0.5) is 15.8 Å². The van der Waals surface area contributed by atoms with E-state index in [1.54, 1.807) is 19.2 Å². The molecule has 0 aliphatic carbocycles. The zero-order chi connectivity index (χ0) is 18.5. The molecule has 0 radical (unpaired) electrons. The molecule has 1 fully saturated rings. The standard InChI is InChI=1S/C20H24FN3O2/c1-15(20(25)22-17-5-9-19(26-2)10-6-17)23-11-13-24(14-12-23)18-7-3-16(21)4-8-18/h3-10,15H,11-14H2,1-2H3,(H,22,25)/t15-/m1/s1. The fourth-order valence-electron chi connectivity index (χ4n) is 3.11. The Morgan fingerprint density at radius 2 is 1.65 bits per heavy atom. The van der Waals surface area contributed by atoms with E-state index in [0.29, 0.717) is 0 Å². The first kappa shape index (κ1) is 18.2. The van der Waals surface area contributed by atoms with Gasteiger partial charge in [0.1, 0.15) is 11.6 Å². The van der Waals surface area contributed by atoms with Crippen LogP contribution in [0.2, 0.25) is 0 Å². The van der Waals surface area contributed by atoms with E-state index in [0.717, 1.165) is 43.3 Å². The van der Waals surface area contributed by atoms with E-state index in [9.17, 15) is 9.18 Å². The average Bonchev–Trinajstić information content (AvgIpc) is 2.69. The Bertz CT molecular complexity index is 726. The molecular weight excluding hydrogens is 333 g/mol. The number of nitrogens with zero attached hydrogens (tertiary/aromatic N) is 2. The summed E-state index contributed by atoms with van der Waals surface area (Å²) in [6.45, 7) is 5.12. The first-order valence-electron chi connectivity index (χ1n) is 8.76. The number of halogens is 1. The number of hydrogen-bond donors (Lipinski definition) is 1. The lowest BCUT2D eigenvalue weighted by atomic mass is 10.2. The molecule has 0 aromatic heterocycles. The summed E-state index contributed by atoms with van der Waals surface area (Å²) in [5.74, 6) is 0.509. The molecule has 1 saturated heterocycles. The third kappa shape index (κ3) is 4.32. The summed E-state index contributed by atoms with van der Waals surface area (Å²) in [6.07, 6.45) is 0. The lowest BCUT2D eigenvalue weighted by Gasteiger charge is -2.38. The van der Waals surface area contributed by atoms with E-state index in [1.807, 2.05) is 31.2 Å². The number of ether oxygens (including phenoxy) is 1. The Morgan fingerprint density at radius 1 is 1.04 bits per heavy atom. The Kier molecular flexibility index (Phi) is 5.73. The maximum absolute atomic E-state index is 13.1. The van der Waals surface area contributed by atoms with Crippen LogP contribution >= 0.6 is 0 Å². The third-order valence-corrected chi connectivity index (χ3v) is 4.79. The fraction of sp³-hybridized carbons (Fsp3) is 0.350. The topological polar surface area (TPSA) is 44.8 Å². The quantitative estimate of drug-likeness (QED) is 0.894. The molecule has 0 spiro atoms. The van der Waals surface area contributed by atoms with E-state index >= 15 is 0 Å². The van der Waals surface area contributed by atoms with Gasteiger partial charge in [0.05, 0.1) is 13.2 Å². The number of carbonyl (C=O) groups excluding carboxylic acids is 1. The molecule has 26 heavy (non-hydrogen) atoms. The van der Waals surface area contributed by atoms with Crippen molar-refractivity contribution in [2.75, 3.05) is 43.5 Å². The average molecular weight is 357 g/mol. The normalized spacial score (nSPS) is 16.2. The van der Waals surface area contributed by atoms with Gasteiger partial charge in [-0.3, -0.25) is 9.69 Å². The Balaban J connectivity index is 1.52. The van der Waals surface area contributed by atoms with Gasteiger partial charge in [-0.25, -0.2) is 4.39 Å². The molecule has 0 saturated carbocycles. The summed E-state index contributed by atoms with van der Waals surface area (Å²) in [5, 5.41) is 2.95. The lowest BCUT2D eigenvalue weighted by molar-refractivity contribution is -0.120. The van der Waals surface area contributed by atoms with Crippen LogP contribution in [-0.4, -0.2) is 50.1 Å². The number of benzene rings is 2. The van der Waals surface area contributed by atoms with E-state index in [1.165, 1.54) is 12.1 Å². The number of rotatable bonds is 5. The number of methoxy groups -OCH3 is 1. The van der Waals surface area contributed by atoms with Gasteiger partial charge in [0.25, 0.3) is 0 Å². The molecule has 1 amide bonds. The van der Waals surface area contributed by atoms with Crippen LogP contribution in [0.5, 0.6) is 5.75 Å². The van der Waals surface area contributed by atoms with Gasteiger partial charge in [-0.15, -0.1) is 0 Å². The van der Waals surface area contributed by atoms with Crippen molar-refractivity contribution in [3.05, 3.63) is 54.3 Å². The van der Waals surface area contributed by atoms with Crippen LogP contribution in [-0.2, 0) is 4.79 Å². The molecule has 0 bridgehead atoms. The Morgan fingerprint density at radius 3 is 2.23 bits per heavy atom. The number of nitrogens with one attached hydrogen (secondary N) is 1. The van der Waals surface area contributed by atoms with Crippen molar-refractivity contribution in [1.82, 2.24) is 4.90 Å². The highest BCUT2D eigenvalue weighted by molar-refractivity contribution is 5.94. The van der Waals surface area contributed by atoms with Crippen LogP contribution in [0.15, 0.2) is 48.5 Å². The Labute approximate surface area is 153 Å². The second kappa shape index (κ2) is 8.19. The molecule has 1 heterocycles. The first-order chi connectivity index (χ1) is 12.6. The largest absolute Gasteiger partial charge is 0.497 e. The van der Waals surface area contributed by atoms with Gasteiger partial charge < -0.3 is 15.0 Å². The fourth-order valence-corrected chi connectivity index (χ4v) is 3.11. The summed E-state index contributed by atoms with van der Waals surface area (Å²) in [6, 6.07) is 13.6. The third-order valence-electron chi connectivity index (χ3n) is 4.79. The number of hydrogen-bond acceptors (Lipinski definition) is 4. The molecule has 1 N–H and O–H groups in total. The monoisotopic (exact) mass is 357 g/mol. The Hall–Kier alpha value is -2.60. The van der Waals surface area contributed by atoms with Crippen molar-refractivity contribution < 1.29 is 13.9 Å². The van der Waals surface area contributed by atoms with Crippen molar-refractivity contribution in [2.24, 2.45) is 0 Å². The highest BCUT2D eigenvalue weighted by Gasteiger charge is 2.25. The van der Waals surface area contributed by atoms with Gasteiger partial charge in [-0.2, -0.15) is 0 Å². The van der Waals surface area contributed by atoms with Crippen molar-refractivity contribution in [2.45, 2.75) is 13.0 Å². The molecule has 2 aromatic carbocycles. The minimum absolute atomic E-state index is 0.0228. The molecule has 2 aromatic rings. The highest BCUT2D eigenvalue weighted by Crippen LogP contribution is 2.19. The first-order valence-corrected chi connectivity index (χ1v) is 8.76. The zero-order valence-electron chi connectivity index (χ0n) is 15.1. The van der Waals surface area contributed by atoms with Crippen molar-refractivity contribution in [3.8, 4) is 5.75 Å². The van der Waals surface area contributed by atoms with Crippen LogP contribution < -0.4 is 15.0 Å². The van der Waals surface area contributed by atoms with Gasteiger partial charge in [-0.05, 0) is 55.5 Å². The summed E-state index contributed by atoms with van der Waals surface area (Å²) < 4.78 is 18.2. The molecule has 0 unspecified atom stereocenters. The maximum atomic E-state index is 13.1. The van der Waals surface area contributed by atoms with Crippen LogP contribution in [0.3, 0.4) is 0 Å². The van der Waals surface area contributed by atoms with Crippen molar-refractivity contribution in [1.29, 1.82) is 0 Å². The van der Waals surface area contributed by atoms with Crippen molar-refractivity contribution >= 4 is 17.3 Å². The van der Waals surface area contributed by atoms with E-state index < -0.39 is 0 Å². The van der Waals surface area contributed by atoms with Gasteiger partial charge in [-0.1, -0.05) is 0 Å². The maximum Gasteiger partial charge on any atom is 0.241 e. The van der Waals surface area contributed by atoms with E-state index in [-0.39, 0.29) is 17.8 Å².